The third-order valence-electron chi connectivity index (χ3n) is 4.24. The molecule has 0 amide bonds. The van der Waals surface area contributed by atoms with Crippen molar-refractivity contribution in [1.82, 2.24) is 9.97 Å². The minimum Gasteiger partial charge on any atom is -0.394 e. The molecular formula is C17H20BrFN4O. The Morgan fingerprint density at radius 1 is 1.33 bits per heavy atom. The summed E-state index contributed by atoms with van der Waals surface area (Å²) in [5, 5.41) is 12.7. The number of aliphatic hydroxyl groups excluding tert-OH is 1. The molecule has 1 aliphatic heterocycles. The van der Waals surface area contributed by atoms with E-state index in [2.05, 4.69) is 36.1 Å². The number of anilines is 2. The number of nitrogens with one attached hydrogen (secondary N) is 1. The van der Waals surface area contributed by atoms with E-state index in [1.54, 1.807) is 12.1 Å². The quantitative estimate of drug-likeness (QED) is 0.788. The highest BCUT2D eigenvalue weighted by molar-refractivity contribution is 9.10. The van der Waals surface area contributed by atoms with Crippen LogP contribution in [0, 0.1) is 5.82 Å². The topological polar surface area (TPSA) is 61.3 Å². The van der Waals surface area contributed by atoms with Gasteiger partial charge in [-0.05, 0) is 43.0 Å². The van der Waals surface area contributed by atoms with Crippen LogP contribution in [0.25, 0.3) is 0 Å². The molecule has 1 aliphatic rings. The van der Waals surface area contributed by atoms with Crippen LogP contribution in [0.4, 0.5) is 16.0 Å². The lowest BCUT2D eigenvalue weighted by Crippen LogP contribution is -2.32. The fraction of sp³-hybridized carbons (Fsp3) is 0.412. The van der Waals surface area contributed by atoms with Gasteiger partial charge in [0.05, 0.1) is 12.6 Å². The SMILES string of the molecule is OCC1CCCN1c1cc(NCCc2cc(Br)ccc2F)ncn1. The van der Waals surface area contributed by atoms with Crippen LogP contribution >= 0.6 is 15.9 Å². The third-order valence-corrected chi connectivity index (χ3v) is 4.74. The molecule has 0 aliphatic carbocycles. The highest BCUT2D eigenvalue weighted by atomic mass is 79.9. The predicted octanol–water partition coefficient (Wildman–Crippen LogP) is 2.99. The highest BCUT2D eigenvalue weighted by Crippen LogP contribution is 2.24. The summed E-state index contributed by atoms with van der Waals surface area (Å²) in [6, 6.07) is 6.95. The van der Waals surface area contributed by atoms with E-state index in [-0.39, 0.29) is 18.5 Å². The molecule has 1 aromatic carbocycles. The normalized spacial score (nSPS) is 17.3. The molecule has 1 aromatic heterocycles. The first-order valence-corrected chi connectivity index (χ1v) is 8.84. The Hall–Kier alpha value is -1.73. The van der Waals surface area contributed by atoms with Gasteiger partial charge in [0.2, 0.25) is 0 Å². The summed E-state index contributed by atoms with van der Waals surface area (Å²) in [6.45, 7) is 1.60. The summed E-state index contributed by atoms with van der Waals surface area (Å²) in [4.78, 5) is 10.6. The van der Waals surface area contributed by atoms with Gasteiger partial charge in [-0.25, -0.2) is 14.4 Å². The van der Waals surface area contributed by atoms with Crippen LogP contribution in [-0.2, 0) is 6.42 Å². The van der Waals surface area contributed by atoms with Gasteiger partial charge in [-0.15, -0.1) is 0 Å². The molecule has 1 unspecified atom stereocenters. The van der Waals surface area contributed by atoms with Crippen molar-refractivity contribution in [1.29, 1.82) is 0 Å². The molecule has 7 heteroatoms. The first-order valence-electron chi connectivity index (χ1n) is 8.04. The highest BCUT2D eigenvalue weighted by Gasteiger charge is 2.25. The number of halogens is 2. The molecule has 2 N–H and O–H groups in total. The second-order valence-corrected chi connectivity index (χ2v) is 6.76. The van der Waals surface area contributed by atoms with Crippen LogP contribution in [0.15, 0.2) is 35.1 Å². The average molecular weight is 395 g/mol. The summed E-state index contributed by atoms with van der Waals surface area (Å²) in [5.74, 6) is 1.32. The van der Waals surface area contributed by atoms with Crippen molar-refractivity contribution in [3.05, 3.63) is 46.4 Å². The van der Waals surface area contributed by atoms with E-state index in [1.807, 2.05) is 6.07 Å². The number of aliphatic hydroxyl groups is 1. The zero-order valence-electron chi connectivity index (χ0n) is 13.3. The predicted molar refractivity (Wildman–Crippen MR) is 95.8 cm³/mol. The lowest BCUT2D eigenvalue weighted by Gasteiger charge is -2.24. The van der Waals surface area contributed by atoms with E-state index in [0.717, 1.165) is 29.7 Å². The van der Waals surface area contributed by atoms with Crippen LogP contribution in [0.2, 0.25) is 0 Å². The van der Waals surface area contributed by atoms with Crippen LogP contribution in [0.3, 0.4) is 0 Å². The maximum atomic E-state index is 13.7. The Labute approximate surface area is 149 Å². The molecule has 0 saturated carbocycles. The molecule has 3 rings (SSSR count). The van der Waals surface area contributed by atoms with Gasteiger partial charge in [0.25, 0.3) is 0 Å². The molecule has 0 bridgehead atoms. The maximum Gasteiger partial charge on any atom is 0.134 e. The summed E-state index contributed by atoms with van der Waals surface area (Å²) in [5.41, 5.74) is 0.658. The Bertz CT molecular complexity index is 700. The maximum absolute atomic E-state index is 13.7. The van der Waals surface area contributed by atoms with Gasteiger partial charge >= 0.3 is 0 Å². The van der Waals surface area contributed by atoms with Gasteiger partial charge in [-0.2, -0.15) is 0 Å². The van der Waals surface area contributed by atoms with Crippen molar-refractivity contribution in [2.75, 3.05) is 29.9 Å². The number of aromatic nitrogens is 2. The molecule has 0 spiro atoms. The monoisotopic (exact) mass is 394 g/mol. The molecule has 2 heterocycles. The van der Waals surface area contributed by atoms with Gasteiger partial charge in [0.15, 0.2) is 0 Å². The Morgan fingerprint density at radius 3 is 3.04 bits per heavy atom. The molecular weight excluding hydrogens is 375 g/mol. The van der Waals surface area contributed by atoms with E-state index in [0.29, 0.717) is 24.3 Å². The van der Waals surface area contributed by atoms with Gasteiger partial charge in [0.1, 0.15) is 23.8 Å². The van der Waals surface area contributed by atoms with Crippen molar-refractivity contribution in [3.63, 3.8) is 0 Å². The molecule has 0 radical (unpaired) electrons. The molecule has 128 valence electrons. The molecule has 1 saturated heterocycles. The fourth-order valence-corrected chi connectivity index (χ4v) is 3.40. The molecule has 24 heavy (non-hydrogen) atoms. The Balaban J connectivity index is 1.62. The van der Waals surface area contributed by atoms with Crippen molar-refractivity contribution in [2.24, 2.45) is 0 Å². The number of nitrogens with zero attached hydrogens (tertiary/aromatic N) is 3. The van der Waals surface area contributed by atoms with Crippen molar-refractivity contribution in [2.45, 2.75) is 25.3 Å². The van der Waals surface area contributed by atoms with E-state index in [9.17, 15) is 9.50 Å². The van der Waals surface area contributed by atoms with Gasteiger partial charge in [0, 0.05) is 23.6 Å². The second kappa shape index (κ2) is 7.90. The first kappa shape index (κ1) is 17.1. The lowest BCUT2D eigenvalue weighted by molar-refractivity contribution is 0.266. The largest absolute Gasteiger partial charge is 0.394 e. The molecule has 5 nitrogen and oxygen atoms in total. The number of hydrogen-bond donors (Lipinski definition) is 2. The van der Waals surface area contributed by atoms with Crippen LogP contribution in [0.1, 0.15) is 18.4 Å². The lowest BCUT2D eigenvalue weighted by atomic mass is 10.1. The van der Waals surface area contributed by atoms with Crippen molar-refractivity contribution >= 4 is 27.6 Å². The Morgan fingerprint density at radius 2 is 2.21 bits per heavy atom. The van der Waals surface area contributed by atoms with Crippen molar-refractivity contribution in [3.8, 4) is 0 Å². The van der Waals surface area contributed by atoms with E-state index in [4.69, 9.17) is 0 Å². The molecule has 1 atom stereocenters. The Kier molecular flexibility index (Phi) is 5.63. The minimum atomic E-state index is -0.203. The summed E-state index contributed by atoms with van der Waals surface area (Å²) in [6.07, 6.45) is 4.11. The van der Waals surface area contributed by atoms with Crippen molar-refractivity contribution < 1.29 is 9.50 Å². The van der Waals surface area contributed by atoms with Crippen LogP contribution < -0.4 is 10.2 Å². The summed E-state index contributed by atoms with van der Waals surface area (Å²) >= 11 is 3.36. The minimum absolute atomic E-state index is 0.128. The second-order valence-electron chi connectivity index (χ2n) is 5.85. The van der Waals surface area contributed by atoms with Gasteiger partial charge in [-0.3, -0.25) is 0 Å². The zero-order chi connectivity index (χ0) is 16.9. The number of rotatable bonds is 6. The van der Waals surface area contributed by atoms with E-state index in [1.165, 1.54) is 12.4 Å². The standard InChI is InChI=1S/C17H20BrFN4O/c18-13-3-4-15(19)12(8-13)5-6-20-16-9-17(22-11-21-16)23-7-1-2-14(23)10-24/h3-4,8-9,11,14,24H,1-2,5-7,10H2,(H,20,21,22). The van der Waals surface area contributed by atoms with Gasteiger partial charge < -0.3 is 15.3 Å². The van der Waals surface area contributed by atoms with E-state index < -0.39 is 0 Å². The molecule has 2 aromatic rings. The summed E-state index contributed by atoms with van der Waals surface area (Å²) < 4.78 is 14.6. The van der Waals surface area contributed by atoms with Crippen LogP contribution in [0.5, 0.6) is 0 Å². The fourth-order valence-electron chi connectivity index (χ4n) is 2.99. The summed E-state index contributed by atoms with van der Waals surface area (Å²) in [7, 11) is 0. The first-order chi connectivity index (χ1) is 11.7. The third kappa shape index (κ3) is 4.02. The number of benzene rings is 1. The smallest absolute Gasteiger partial charge is 0.134 e. The van der Waals surface area contributed by atoms with E-state index >= 15 is 0 Å². The average Bonchev–Trinajstić information content (AvgIpc) is 3.07. The number of hydrogen-bond acceptors (Lipinski definition) is 5. The zero-order valence-corrected chi connectivity index (χ0v) is 14.8. The molecule has 1 fully saturated rings. The van der Waals surface area contributed by atoms with Gasteiger partial charge in [-0.1, -0.05) is 15.9 Å². The van der Waals surface area contributed by atoms with Crippen LogP contribution in [-0.4, -0.2) is 40.8 Å².